The molecule has 0 amide bonds. The van der Waals surface area contributed by atoms with E-state index in [1.165, 1.54) is 16.8 Å². The second-order valence-electron chi connectivity index (χ2n) is 5.49. The summed E-state index contributed by atoms with van der Waals surface area (Å²) in [5.74, 6) is 0. The Kier molecular flexibility index (Phi) is 5.42. The zero-order chi connectivity index (χ0) is 13.2. The van der Waals surface area contributed by atoms with Crippen LogP contribution in [0, 0.1) is 11.3 Å². The third kappa shape index (κ3) is 3.30. The van der Waals surface area contributed by atoms with Crippen molar-refractivity contribution in [3.8, 4) is 6.07 Å². The molecular weight excluding hydrogens is 347 g/mol. The second-order valence-corrected chi connectivity index (χ2v) is 5.49. The van der Waals surface area contributed by atoms with Crippen molar-refractivity contribution in [2.24, 2.45) is 0 Å². The summed E-state index contributed by atoms with van der Waals surface area (Å²) in [6.45, 7) is 4.53. The van der Waals surface area contributed by atoms with Gasteiger partial charge in [-0.05, 0) is 32.3 Å². The molecule has 1 aliphatic rings. The molecule has 0 saturated heterocycles. The van der Waals surface area contributed by atoms with E-state index in [0.717, 1.165) is 12.8 Å². The van der Waals surface area contributed by atoms with Crippen LogP contribution in [0.15, 0.2) is 30.3 Å². The van der Waals surface area contributed by atoms with Crippen LogP contribution in [0.2, 0.25) is 0 Å². The number of nitriles is 1. The van der Waals surface area contributed by atoms with Gasteiger partial charge in [0.05, 0.1) is 6.07 Å². The fourth-order valence-corrected chi connectivity index (χ4v) is 2.54. The molecule has 0 bridgehead atoms. The Balaban J connectivity index is 0.00000180. The van der Waals surface area contributed by atoms with E-state index in [-0.39, 0.29) is 29.5 Å². The minimum absolute atomic E-state index is 0. The summed E-state index contributed by atoms with van der Waals surface area (Å²) in [5.41, 5.74) is 4.12. The highest BCUT2D eigenvalue weighted by molar-refractivity contribution is 14.0. The lowest BCUT2D eigenvalue weighted by Crippen LogP contribution is -2.45. The van der Waals surface area contributed by atoms with Gasteiger partial charge in [-0.1, -0.05) is 30.3 Å². The summed E-state index contributed by atoms with van der Waals surface area (Å²) >= 11 is 0. The minimum Gasteiger partial charge on any atom is -0.369 e. The lowest BCUT2D eigenvalue weighted by atomic mass is 9.84. The van der Waals surface area contributed by atoms with Gasteiger partial charge in [-0.2, -0.15) is 5.26 Å². The third-order valence-corrected chi connectivity index (χ3v) is 3.78. The molecule has 0 N–H and O–H groups in total. The van der Waals surface area contributed by atoms with Crippen molar-refractivity contribution >= 4 is 29.7 Å². The molecular formula is C16H21IN2. The molecule has 0 radical (unpaired) electrons. The molecule has 0 aromatic heterocycles. The molecule has 0 unspecified atom stereocenters. The van der Waals surface area contributed by atoms with Gasteiger partial charge in [-0.3, -0.25) is 0 Å². The molecule has 2 rings (SSSR count). The van der Waals surface area contributed by atoms with Crippen molar-refractivity contribution in [3.05, 3.63) is 41.5 Å². The first-order chi connectivity index (χ1) is 8.56. The Morgan fingerprint density at radius 2 is 2.05 bits per heavy atom. The number of unbranched alkanes of at least 4 members (excludes halogenated alkanes) is 1. The van der Waals surface area contributed by atoms with Gasteiger partial charge in [0, 0.05) is 30.3 Å². The predicted molar refractivity (Wildman–Crippen MR) is 90.2 cm³/mol. The van der Waals surface area contributed by atoms with E-state index in [2.05, 4.69) is 62.2 Å². The van der Waals surface area contributed by atoms with E-state index in [1.807, 2.05) is 0 Å². The van der Waals surface area contributed by atoms with Crippen molar-refractivity contribution < 1.29 is 0 Å². The van der Waals surface area contributed by atoms with Crippen LogP contribution < -0.4 is 0 Å². The Bertz CT molecular complexity index is 512. The van der Waals surface area contributed by atoms with Crippen molar-refractivity contribution in [2.45, 2.75) is 38.6 Å². The average molecular weight is 368 g/mol. The summed E-state index contributed by atoms with van der Waals surface area (Å²) in [4.78, 5) is 2.34. The number of benzene rings is 1. The maximum atomic E-state index is 8.67. The van der Waals surface area contributed by atoms with Crippen molar-refractivity contribution in [3.63, 3.8) is 0 Å². The van der Waals surface area contributed by atoms with Gasteiger partial charge in [-0.25, -0.2) is 0 Å². The zero-order valence-corrected chi connectivity index (χ0v) is 14.1. The molecule has 1 heterocycles. The third-order valence-electron chi connectivity index (χ3n) is 3.78. The lowest BCUT2D eigenvalue weighted by Gasteiger charge is -2.44. The normalized spacial score (nSPS) is 18.4. The summed E-state index contributed by atoms with van der Waals surface area (Å²) in [5, 5.41) is 8.67. The van der Waals surface area contributed by atoms with E-state index in [4.69, 9.17) is 5.26 Å². The van der Waals surface area contributed by atoms with Crippen molar-refractivity contribution in [1.82, 2.24) is 4.90 Å². The molecule has 2 nitrogen and oxygen atoms in total. The molecule has 1 aromatic carbocycles. The van der Waals surface area contributed by atoms with Crippen LogP contribution in [0.25, 0.3) is 5.70 Å². The van der Waals surface area contributed by atoms with Crippen LogP contribution in [0.3, 0.4) is 0 Å². The van der Waals surface area contributed by atoms with Crippen LogP contribution >= 0.6 is 24.0 Å². The minimum atomic E-state index is 0. The predicted octanol–water partition coefficient (Wildman–Crippen LogP) is 4.22. The van der Waals surface area contributed by atoms with Gasteiger partial charge < -0.3 is 4.90 Å². The van der Waals surface area contributed by atoms with Gasteiger partial charge >= 0.3 is 0 Å². The highest BCUT2D eigenvalue weighted by Gasteiger charge is 2.32. The number of rotatable bonds is 2. The summed E-state index contributed by atoms with van der Waals surface area (Å²) < 4.78 is 0. The molecule has 19 heavy (non-hydrogen) atoms. The monoisotopic (exact) mass is 368 g/mol. The average Bonchev–Trinajstić information content (AvgIpc) is 2.34. The first kappa shape index (κ1) is 16.0. The maximum absolute atomic E-state index is 8.67. The molecule has 1 aliphatic heterocycles. The number of halogens is 1. The largest absolute Gasteiger partial charge is 0.369 e. The number of fused-ring (bicyclic) bond motifs is 1. The van der Waals surface area contributed by atoms with Gasteiger partial charge in [0.1, 0.15) is 0 Å². The number of nitrogens with zero attached hydrogens (tertiary/aromatic N) is 2. The Hall–Kier alpha value is -1.02. The first-order valence-corrected chi connectivity index (χ1v) is 6.45. The molecule has 1 aromatic rings. The van der Waals surface area contributed by atoms with Crippen LogP contribution in [0.1, 0.15) is 37.8 Å². The summed E-state index contributed by atoms with van der Waals surface area (Å²) in [6.07, 6.45) is 4.67. The standard InChI is InChI=1S/C16H20N2.HI/c1-16(2)12-13-8-4-5-9-14(13)15(18(16)3)10-6-7-11-17;/h4-5,8-10H,6-7,12H2,1-3H3;1H/b15-10+;. The molecule has 102 valence electrons. The van der Waals surface area contributed by atoms with Gasteiger partial charge in [0.2, 0.25) is 0 Å². The topological polar surface area (TPSA) is 27.0 Å². The van der Waals surface area contributed by atoms with Gasteiger partial charge in [-0.15, -0.1) is 24.0 Å². The number of allylic oxidation sites excluding steroid dienone is 1. The first-order valence-electron chi connectivity index (χ1n) is 6.45. The van der Waals surface area contributed by atoms with Crippen LogP contribution in [0.4, 0.5) is 0 Å². The van der Waals surface area contributed by atoms with E-state index in [0.29, 0.717) is 6.42 Å². The molecule has 0 aliphatic carbocycles. The number of hydrogen-bond donors (Lipinski definition) is 0. The lowest BCUT2D eigenvalue weighted by molar-refractivity contribution is 0.228. The van der Waals surface area contributed by atoms with Crippen molar-refractivity contribution in [2.75, 3.05) is 7.05 Å². The number of likely N-dealkylation sites (N-methyl/N-ethyl adjacent to an activating group) is 1. The fourth-order valence-electron chi connectivity index (χ4n) is 2.54. The van der Waals surface area contributed by atoms with Crippen LogP contribution in [-0.4, -0.2) is 17.5 Å². The smallest absolute Gasteiger partial charge is 0.0625 e. The van der Waals surface area contributed by atoms with Crippen LogP contribution in [0.5, 0.6) is 0 Å². The maximum Gasteiger partial charge on any atom is 0.0625 e. The highest BCUT2D eigenvalue weighted by Crippen LogP contribution is 2.36. The molecule has 0 spiro atoms. The van der Waals surface area contributed by atoms with E-state index >= 15 is 0 Å². The van der Waals surface area contributed by atoms with Crippen LogP contribution in [-0.2, 0) is 6.42 Å². The Morgan fingerprint density at radius 3 is 2.74 bits per heavy atom. The molecule has 0 fully saturated rings. The Labute approximate surface area is 133 Å². The van der Waals surface area contributed by atoms with E-state index in [1.54, 1.807) is 0 Å². The van der Waals surface area contributed by atoms with Gasteiger partial charge in [0.15, 0.2) is 0 Å². The SMILES string of the molecule is CN1/C(=C/CCC#N)c2ccccc2CC1(C)C.I. The number of hydrogen-bond acceptors (Lipinski definition) is 2. The summed E-state index contributed by atoms with van der Waals surface area (Å²) in [7, 11) is 2.15. The second kappa shape index (κ2) is 6.42. The quantitative estimate of drug-likeness (QED) is 0.578. The van der Waals surface area contributed by atoms with E-state index in [9.17, 15) is 0 Å². The molecule has 0 atom stereocenters. The van der Waals surface area contributed by atoms with Crippen molar-refractivity contribution in [1.29, 1.82) is 5.26 Å². The Morgan fingerprint density at radius 1 is 1.37 bits per heavy atom. The fraction of sp³-hybridized carbons (Fsp3) is 0.438. The van der Waals surface area contributed by atoms with Gasteiger partial charge in [0.25, 0.3) is 0 Å². The zero-order valence-electron chi connectivity index (χ0n) is 11.8. The highest BCUT2D eigenvalue weighted by atomic mass is 127. The molecule has 0 saturated carbocycles. The molecule has 3 heteroatoms. The van der Waals surface area contributed by atoms with E-state index < -0.39 is 0 Å². The summed E-state index contributed by atoms with van der Waals surface area (Å²) in [6, 6.07) is 10.8.